The van der Waals surface area contributed by atoms with Crippen LogP contribution in [0.25, 0.3) is 0 Å². The lowest BCUT2D eigenvalue weighted by atomic mass is 10.1. The van der Waals surface area contributed by atoms with Gasteiger partial charge in [0.15, 0.2) is 0 Å². The second-order valence-electron chi connectivity index (χ2n) is 4.74. The highest BCUT2D eigenvalue weighted by molar-refractivity contribution is 5.95. The average molecular weight is 254 g/mol. The van der Waals surface area contributed by atoms with Gasteiger partial charge in [-0.1, -0.05) is 35.9 Å². The molecule has 2 aromatic carbocycles. The average Bonchev–Trinajstić information content (AvgIpc) is 2.39. The molecule has 2 rings (SSSR count). The van der Waals surface area contributed by atoms with Gasteiger partial charge in [0, 0.05) is 17.8 Å². The Morgan fingerprint density at radius 2 is 1.95 bits per heavy atom. The normalized spacial score (nSPS) is 10.2. The lowest BCUT2D eigenvalue weighted by molar-refractivity contribution is 0.0951. The molecule has 0 bridgehead atoms. The van der Waals surface area contributed by atoms with Crippen molar-refractivity contribution in [2.45, 2.75) is 20.4 Å². The first-order chi connectivity index (χ1) is 9.06. The number of rotatable bonds is 3. The predicted molar refractivity (Wildman–Crippen MR) is 77.9 cm³/mol. The van der Waals surface area contributed by atoms with E-state index in [0.29, 0.717) is 17.8 Å². The summed E-state index contributed by atoms with van der Waals surface area (Å²) in [5.74, 6) is -0.104. The van der Waals surface area contributed by atoms with E-state index in [1.54, 1.807) is 12.1 Å². The molecule has 0 aliphatic rings. The zero-order valence-electron chi connectivity index (χ0n) is 11.2. The van der Waals surface area contributed by atoms with E-state index < -0.39 is 0 Å². The monoisotopic (exact) mass is 254 g/mol. The molecular formula is C16H18N2O. The van der Waals surface area contributed by atoms with Gasteiger partial charge in [-0.05, 0) is 37.1 Å². The first-order valence-corrected chi connectivity index (χ1v) is 6.26. The number of carbonyl (C=O) groups excluding carboxylic acids is 1. The standard InChI is InChI=1S/C16H18N2O/c1-11-4-3-5-13(8-11)10-18-16(19)14-7-6-12(2)15(17)9-14/h3-9H,10,17H2,1-2H3,(H,18,19). The first kappa shape index (κ1) is 13.1. The van der Waals surface area contributed by atoms with E-state index in [4.69, 9.17) is 5.73 Å². The molecule has 0 fully saturated rings. The molecule has 19 heavy (non-hydrogen) atoms. The van der Waals surface area contributed by atoms with Crippen LogP contribution in [0, 0.1) is 13.8 Å². The number of nitrogen functional groups attached to an aromatic ring is 1. The third-order valence-corrected chi connectivity index (χ3v) is 3.08. The molecule has 3 nitrogen and oxygen atoms in total. The maximum absolute atomic E-state index is 12.0. The van der Waals surface area contributed by atoms with Crippen LogP contribution in [0.4, 0.5) is 5.69 Å². The Morgan fingerprint density at radius 1 is 1.16 bits per heavy atom. The topological polar surface area (TPSA) is 55.1 Å². The summed E-state index contributed by atoms with van der Waals surface area (Å²) in [6.07, 6.45) is 0. The van der Waals surface area contributed by atoms with Gasteiger partial charge >= 0.3 is 0 Å². The van der Waals surface area contributed by atoms with Crippen molar-refractivity contribution >= 4 is 11.6 Å². The summed E-state index contributed by atoms with van der Waals surface area (Å²) in [5, 5.41) is 2.89. The van der Waals surface area contributed by atoms with E-state index in [0.717, 1.165) is 11.1 Å². The Balaban J connectivity index is 2.03. The minimum Gasteiger partial charge on any atom is -0.398 e. The number of hydrogen-bond acceptors (Lipinski definition) is 2. The fraction of sp³-hybridized carbons (Fsp3) is 0.188. The molecule has 0 saturated carbocycles. The number of anilines is 1. The minimum atomic E-state index is -0.104. The molecular weight excluding hydrogens is 236 g/mol. The highest BCUT2D eigenvalue weighted by Gasteiger charge is 2.06. The fourth-order valence-corrected chi connectivity index (χ4v) is 1.89. The molecule has 0 aliphatic heterocycles. The third kappa shape index (κ3) is 3.35. The minimum absolute atomic E-state index is 0.104. The van der Waals surface area contributed by atoms with Gasteiger partial charge < -0.3 is 11.1 Å². The maximum atomic E-state index is 12.0. The number of benzene rings is 2. The van der Waals surface area contributed by atoms with E-state index in [1.807, 2.05) is 38.1 Å². The second-order valence-corrected chi connectivity index (χ2v) is 4.74. The Hall–Kier alpha value is -2.29. The predicted octanol–water partition coefficient (Wildman–Crippen LogP) is 2.82. The molecule has 0 unspecified atom stereocenters. The van der Waals surface area contributed by atoms with Gasteiger partial charge in [-0.15, -0.1) is 0 Å². The molecule has 0 spiro atoms. The Bertz CT molecular complexity index is 605. The van der Waals surface area contributed by atoms with Crippen molar-refractivity contribution in [2.24, 2.45) is 0 Å². The van der Waals surface area contributed by atoms with E-state index >= 15 is 0 Å². The molecule has 98 valence electrons. The fourth-order valence-electron chi connectivity index (χ4n) is 1.89. The van der Waals surface area contributed by atoms with Crippen LogP contribution in [0.2, 0.25) is 0 Å². The SMILES string of the molecule is Cc1cccc(CNC(=O)c2ccc(C)c(N)c2)c1. The van der Waals surface area contributed by atoms with Crippen molar-refractivity contribution < 1.29 is 4.79 Å². The zero-order valence-corrected chi connectivity index (χ0v) is 11.2. The smallest absolute Gasteiger partial charge is 0.251 e. The summed E-state index contributed by atoms with van der Waals surface area (Å²) in [6.45, 7) is 4.48. The molecule has 3 heteroatoms. The third-order valence-electron chi connectivity index (χ3n) is 3.08. The van der Waals surface area contributed by atoms with Gasteiger partial charge in [0.05, 0.1) is 0 Å². The number of nitrogens with one attached hydrogen (secondary N) is 1. The summed E-state index contributed by atoms with van der Waals surface area (Å²) < 4.78 is 0. The molecule has 0 aromatic heterocycles. The Labute approximate surface area is 113 Å². The van der Waals surface area contributed by atoms with Gasteiger partial charge in [-0.2, -0.15) is 0 Å². The first-order valence-electron chi connectivity index (χ1n) is 6.26. The summed E-state index contributed by atoms with van der Waals surface area (Å²) in [6, 6.07) is 13.4. The summed E-state index contributed by atoms with van der Waals surface area (Å²) in [4.78, 5) is 12.0. The van der Waals surface area contributed by atoms with Crippen LogP contribution in [-0.4, -0.2) is 5.91 Å². The summed E-state index contributed by atoms with van der Waals surface area (Å²) in [5.41, 5.74) is 10.3. The maximum Gasteiger partial charge on any atom is 0.251 e. The number of aryl methyl sites for hydroxylation is 2. The van der Waals surface area contributed by atoms with Crippen LogP contribution in [-0.2, 0) is 6.54 Å². The second kappa shape index (κ2) is 5.57. The van der Waals surface area contributed by atoms with Gasteiger partial charge in [-0.25, -0.2) is 0 Å². The van der Waals surface area contributed by atoms with Gasteiger partial charge in [0.2, 0.25) is 0 Å². The molecule has 0 radical (unpaired) electrons. The van der Waals surface area contributed by atoms with E-state index in [2.05, 4.69) is 11.4 Å². The van der Waals surface area contributed by atoms with Crippen LogP contribution in [0.5, 0.6) is 0 Å². The Kier molecular flexibility index (Phi) is 3.85. The number of hydrogen-bond donors (Lipinski definition) is 2. The summed E-state index contributed by atoms with van der Waals surface area (Å²) >= 11 is 0. The summed E-state index contributed by atoms with van der Waals surface area (Å²) in [7, 11) is 0. The van der Waals surface area contributed by atoms with Gasteiger partial charge in [-0.3, -0.25) is 4.79 Å². The van der Waals surface area contributed by atoms with Crippen LogP contribution in [0.3, 0.4) is 0 Å². The quantitative estimate of drug-likeness (QED) is 0.827. The molecule has 1 amide bonds. The molecule has 3 N–H and O–H groups in total. The number of nitrogens with two attached hydrogens (primary N) is 1. The molecule has 0 atom stereocenters. The van der Waals surface area contributed by atoms with Crippen LogP contribution < -0.4 is 11.1 Å². The highest BCUT2D eigenvalue weighted by Crippen LogP contribution is 2.13. The van der Waals surface area contributed by atoms with Crippen LogP contribution in [0.1, 0.15) is 27.0 Å². The largest absolute Gasteiger partial charge is 0.398 e. The number of carbonyl (C=O) groups is 1. The van der Waals surface area contributed by atoms with E-state index in [-0.39, 0.29) is 5.91 Å². The Morgan fingerprint density at radius 3 is 2.63 bits per heavy atom. The van der Waals surface area contributed by atoms with Gasteiger partial charge in [0.25, 0.3) is 5.91 Å². The van der Waals surface area contributed by atoms with Crippen LogP contribution in [0.15, 0.2) is 42.5 Å². The molecule has 0 heterocycles. The van der Waals surface area contributed by atoms with Crippen molar-refractivity contribution in [3.63, 3.8) is 0 Å². The number of amides is 1. The lowest BCUT2D eigenvalue weighted by Crippen LogP contribution is -2.22. The highest BCUT2D eigenvalue weighted by atomic mass is 16.1. The van der Waals surface area contributed by atoms with Crippen molar-refractivity contribution in [2.75, 3.05) is 5.73 Å². The van der Waals surface area contributed by atoms with Crippen molar-refractivity contribution in [1.29, 1.82) is 0 Å². The molecule has 2 aromatic rings. The lowest BCUT2D eigenvalue weighted by Gasteiger charge is -2.07. The van der Waals surface area contributed by atoms with Crippen LogP contribution >= 0.6 is 0 Å². The van der Waals surface area contributed by atoms with E-state index in [1.165, 1.54) is 5.56 Å². The van der Waals surface area contributed by atoms with Crippen molar-refractivity contribution in [1.82, 2.24) is 5.32 Å². The molecule has 0 saturated heterocycles. The zero-order chi connectivity index (χ0) is 13.8. The van der Waals surface area contributed by atoms with Crippen molar-refractivity contribution in [3.8, 4) is 0 Å². The van der Waals surface area contributed by atoms with E-state index in [9.17, 15) is 4.79 Å². The van der Waals surface area contributed by atoms with Crippen molar-refractivity contribution in [3.05, 3.63) is 64.7 Å². The van der Waals surface area contributed by atoms with Gasteiger partial charge in [0.1, 0.15) is 0 Å². The molecule has 0 aliphatic carbocycles.